The average molecular weight is 200 g/mol. The second-order valence-corrected chi connectivity index (χ2v) is 3.06. The van der Waals surface area contributed by atoms with E-state index in [0.717, 1.165) is 25.1 Å². The van der Waals surface area contributed by atoms with Gasteiger partial charge in [0.05, 0.1) is 6.61 Å². The lowest BCUT2D eigenvalue weighted by Crippen LogP contribution is -2.16. The highest BCUT2D eigenvalue weighted by Gasteiger charge is 1.97. The molecular formula is C9H16N2O3. The Kier molecular flexibility index (Phi) is 6.39. The van der Waals surface area contributed by atoms with Gasteiger partial charge in [-0.3, -0.25) is 4.79 Å². The van der Waals surface area contributed by atoms with E-state index in [-0.39, 0.29) is 0 Å². The standard InChI is InChI=1S/C9H16N2O3/c1-11(2)6-3-7-14-9(13)5-4-8(10)12/h4-5H,3,6-7H2,1-2H3,(H2,10,12). The molecule has 0 aliphatic carbocycles. The number of amides is 1. The van der Waals surface area contributed by atoms with Crippen molar-refractivity contribution in [2.45, 2.75) is 6.42 Å². The number of hydrogen-bond acceptors (Lipinski definition) is 4. The zero-order valence-electron chi connectivity index (χ0n) is 8.53. The Morgan fingerprint density at radius 3 is 2.50 bits per heavy atom. The van der Waals surface area contributed by atoms with Gasteiger partial charge in [0.15, 0.2) is 0 Å². The fourth-order valence-corrected chi connectivity index (χ4v) is 0.752. The van der Waals surface area contributed by atoms with Crippen molar-refractivity contribution in [3.05, 3.63) is 12.2 Å². The molecule has 0 saturated heterocycles. The molecule has 1 amide bonds. The van der Waals surface area contributed by atoms with Gasteiger partial charge in [-0.2, -0.15) is 0 Å². The third-order valence-corrected chi connectivity index (χ3v) is 1.38. The Balaban J connectivity index is 3.50. The second kappa shape index (κ2) is 7.08. The lowest BCUT2D eigenvalue weighted by molar-refractivity contribution is -0.138. The number of primary amides is 1. The number of rotatable bonds is 6. The molecule has 0 saturated carbocycles. The molecule has 0 radical (unpaired) electrons. The van der Waals surface area contributed by atoms with Crippen LogP contribution in [0, 0.1) is 0 Å². The molecule has 0 aliphatic rings. The lowest BCUT2D eigenvalue weighted by atomic mass is 10.4. The Labute approximate surface area is 83.5 Å². The molecule has 0 aliphatic heterocycles. The lowest BCUT2D eigenvalue weighted by Gasteiger charge is -2.08. The topological polar surface area (TPSA) is 72.6 Å². The minimum Gasteiger partial charge on any atom is -0.462 e. The molecule has 0 aromatic rings. The maximum atomic E-state index is 10.9. The smallest absolute Gasteiger partial charge is 0.330 e. The Morgan fingerprint density at radius 2 is 2.00 bits per heavy atom. The summed E-state index contributed by atoms with van der Waals surface area (Å²) in [5.41, 5.74) is 4.80. The van der Waals surface area contributed by atoms with Crippen LogP contribution in [0.25, 0.3) is 0 Å². The summed E-state index contributed by atoms with van der Waals surface area (Å²) in [4.78, 5) is 23.1. The van der Waals surface area contributed by atoms with Crippen LogP contribution in [0.2, 0.25) is 0 Å². The van der Waals surface area contributed by atoms with Crippen LogP contribution in [-0.2, 0) is 14.3 Å². The molecule has 0 bridgehead atoms. The number of ether oxygens (including phenoxy) is 1. The van der Waals surface area contributed by atoms with Crippen LogP contribution in [0.1, 0.15) is 6.42 Å². The van der Waals surface area contributed by atoms with Crippen LogP contribution < -0.4 is 5.73 Å². The summed E-state index contributed by atoms with van der Waals surface area (Å²) in [6.07, 6.45) is 2.77. The van der Waals surface area contributed by atoms with Crippen LogP contribution >= 0.6 is 0 Å². The first kappa shape index (κ1) is 12.6. The van der Waals surface area contributed by atoms with E-state index in [1.807, 2.05) is 19.0 Å². The second-order valence-electron chi connectivity index (χ2n) is 3.06. The number of esters is 1. The molecule has 0 unspecified atom stereocenters. The van der Waals surface area contributed by atoms with Crippen molar-refractivity contribution in [3.63, 3.8) is 0 Å². The zero-order chi connectivity index (χ0) is 11.0. The molecule has 0 aromatic carbocycles. The number of nitrogens with two attached hydrogens (primary N) is 1. The first-order valence-electron chi connectivity index (χ1n) is 4.31. The molecular weight excluding hydrogens is 184 g/mol. The third-order valence-electron chi connectivity index (χ3n) is 1.38. The third kappa shape index (κ3) is 8.73. The van der Waals surface area contributed by atoms with E-state index in [9.17, 15) is 9.59 Å². The highest BCUT2D eigenvalue weighted by Crippen LogP contribution is 1.87. The van der Waals surface area contributed by atoms with Gasteiger partial charge in [-0.25, -0.2) is 4.79 Å². The summed E-state index contributed by atoms with van der Waals surface area (Å²) in [6, 6.07) is 0. The van der Waals surface area contributed by atoms with Gasteiger partial charge in [0, 0.05) is 18.7 Å². The van der Waals surface area contributed by atoms with Crippen LogP contribution in [0.4, 0.5) is 0 Å². The van der Waals surface area contributed by atoms with E-state index in [1.165, 1.54) is 0 Å². The summed E-state index contributed by atoms with van der Waals surface area (Å²) in [6.45, 7) is 1.20. The highest BCUT2D eigenvalue weighted by atomic mass is 16.5. The van der Waals surface area contributed by atoms with E-state index in [0.29, 0.717) is 6.61 Å². The Morgan fingerprint density at radius 1 is 1.36 bits per heavy atom. The van der Waals surface area contributed by atoms with Gasteiger partial charge in [0.25, 0.3) is 0 Å². The number of carbonyl (C=O) groups excluding carboxylic acids is 2. The average Bonchev–Trinajstić information content (AvgIpc) is 2.08. The Bertz CT molecular complexity index is 224. The maximum absolute atomic E-state index is 10.9. The number of hydrogen-bond donors (Lipinski definition) is 1. The van der Waals surface area contributed by atoms with E-state index in [1.54, 1.807) is 0 Å². The maximum Gasteiger partial charge on any atom is 0.330 e. The number of nitrogens with zero attached hydrogens (tertiary/aromatic N) is 1. The van der Waals surface area contributed by atoms with Crippen molar-refractivity contribution in [2.24, 2.45) is 5.73 Å². The monoisotopic (exact) mass is 200 g/mol. The molecule has 0 atom stereocenters. The molecule has 80 valence electrons. The molecule has 0 aromatic heterocycles. The first-order valence-corrected chi connectivity index (χ1v) is 4.31. The van der Waals surface area contributed by atoms with Gasteiger partial charge in [0.1, 0.15) is 0 Å². The zero-order valence-corrected chi connectivity index (χ0v) is 8.53. The molecule has 14 heavy (non-hydrogen) atoms. The van der Waals surface area contributed by atoms with E-state index >= 15 is 0 Å². The van der Waals surface area contributed by atoms with Crippen LogP contribution in [0.15, 0.2) is 12.2 Å². The van der Waals surface area contributed by atoms with Crippen LogP contribution in [-0.4, -0.2) is 44.0 Å². The summed E-state index contributed by atoms with van der Waals surface area (Å²) in [7, 11) is 3.88. The minimum absolute atomic E-state index is 0.347. The fraction of sp³-hybridized carbons (Fsp3) is 0.556. The van der Waals surface area contributed by atoms with Gasteiger partial charge >= 0.3 is 5.97 Å². The largest absolute Gasteiger partial charge is 0.462 e. The normalized spacial score (nSPS) is 10.8. The molecule has 0 heterocycles. The van der Waals surface area contributed by atoms with Crippen LogP contribution in [0.5, 0.6) is 0 Å². The van der Waals surface area contributed by atoms with Crippen molar-refractivity contribution in [2.75, 3.05) is 27.2 Å². The van der Waals surface area contributed by atoms with Gasteiger partial charge in [-0.15, -0.1) is 0 Å². The first-order chi connectivity index (χ1) is 6.52. The quantitative estimate of drug-likeness (QED) is 0.357. The van der Waals surface area contributed by atoms with Crippen molar-refractivity contribution in [3.8, 4) is 0 Å². The van der Waals surface area contributed by atoms with Crippen LogP contribution in [0.3, 0.4) is 0 Å². The van der Waals surface area contributed by atoms with Gasteiger partial charge in [-0.1, -0.05) is 0 Å². The van der Waals surface area contributed by atoms with E-state index in [4.69, 9.17) is 10.5 Å². The molecule has 0 spiro atoms. The molecule has 2 N–H and O–H groups in total. The van der Waals surface area contributed by atoms with E-state index in [2.05, 4.69) is 0 Å². The fourth-order valence-electron chi connectivity index (χ4n) is 0.752. The van der Waals surface area contributed by atoms with Crippen molar-refractivity contribution < 1.29 is 14.3 Å². The SMILES string of the molecule is CN(C)CCCOC(=O)C=CC(N)=O. The van der Waals surface area contributed by atoms with Crippen molar-refractivity contribution in [1.82, 2.24) is 4.90 Å². The number of carbonyl (C=O) groups is 2. The summed E-state index contributed by atoms with van der Waals surface area (Å²) in [5.74, 6) is -1.20. The summed E-state index contributed by atoms with van der Waals surface area (Å²) in [5, 5.41) is 0. The van der Waals surface area contributed by atoms with Crippen molar-refractivity contribution >= 4 is 11.9 Å². The van der Waals surface area contributed by atoms with E-state index < -0.39 is 11.9 Å². The van der Waals surface area contributed by atoms with Gasteiger partial charge in [0.2, 0.25) is 5.91 Å². The predicted molar refractivity (Wildman–Crippen MR) is 52.5 cm³/mol. The molecule has 0 rings (SSSR count). The predicted octanol–water partition coefficient (Wildman–Crippen LogP) is -0.477. The van der Waals surface area contributed by atoms with Gasteiger partial charge < -0.3 is 15.4 Å². The summed E-state index contributed by atoms with van der Waals surface area (Å²) < 4.78 is 4.78. The highest BCUT2D eigenvalue weighted by molar-refractivity contribution is 5.93. The molecule has 5 nitrogen and oxygen atoms in total. The Hall–Kier alpha value is -1.36. The summed E-state index contributed by atoms with van der Waals surface area (Å²) >= 11 is 0. The van der Waals surface area contributed by atoms with Crippen molar-refractivity contribution in [1.29, 1.82) is 0 Å². The molecule has 0 fully saturated rings. The minimum atomic E-state index is -0.657. The van der Waals surface area contributed by atoms with Gasteiger partial charge in [-0.05, 0) is 20.5 Å². The molecule has 5 heteroatoms.